The van der Waals surface area contributed by atoms with Crippen LogP contribution in [0.2, 0.25) is 10.0 Å². The first-order valence-electron chi connectivity index (χ1n) is 7.70. The van der Waals surface area contributed by atoms with Crippen molar-refractivity contribution < 1.29 is 9.90 Å². The summed E-state index contributed by atoms with van der Waals surface area (Å²) in [5, 5.41) is 12.9. The van der Waals surface area contributed by atoms with Gasteiger partial charge in [-0.15, -0.1) is 0 Å². The van der Waals surface area contributed by atoms with Crippen molar-refractivity contribution in [3.8, 4) is 0 Å². The molecule has 6 heteroatoms. The van der Waals surface area contributed by atoms with E-state index in [-0.39, 0.29) is 12.5 Å². The third-order valence-corrected chi connectivity index (χ3v) is 4.09. The van der Waals surface area contributed by atoms with Crippen molar-refractivity contribution in [2.24, 2.45) is 0 Å². The van der Waals surface area contributed by atoms with E-state index in [0.717, 1.165) is 5.56 Å². The molecule has 0 aliphatic rings. The number of benzene rings is 2. The third-order valence-electron chi connectivity index (χ3n) is 3.52. The Bertz CT molecular complexity index is 665. The van der Waals surface area contributed by atoms with E-state index in [2.05, 4.69) is 5.32 Å². The maximum absolute atomic E-state index is 12.1. The molecule has 128 valence electrons. The Hall–Kier alpha value is -1.59. The summed E-state index contributed by atoms with van der Waals surface area (Å²) < 4.78 is 0. The molecular weight excluding hydrogens is 347 g/mol. The van der Waals surface area contributed by atoms with Gasteiger partial charge in [-0.25, -0.2) is 0 Å². The molecule has 0 aromatic heterocycles. The average molecular weight is 367 g/mol. The van der Waals surface area contributed by atoms with Crippen LogP contribution in [-0.4, -0.2) is 35.6 Å². The lowest BCUT2D eigenvalue weighted by Crippen LogP contribution is -2.30. The highest BCUT2D eigenvalue weighted by molar-refractivity contribution is 6.35. The van der Waals surface area contributed by atoms with Crippen LogP contribution in [0.3, 0.4) is 0 Å². The first kappa shape index (κ1) is 18.7. The lowest BCUT2D eigenvalue weighted by Gasteiger charge is -2.21. The van der Waals surface area contributed by atoms with Crippen LogP contribution in [-0.2, 0) is 11.3 Å². The van der Waals surface area contributed by atoms with E-state index in [9.17, 15) is 9.90 Å². The number of rotatable bonds is 8. The molecule has 0 radical (unpaired) electrons. The van der Waals surface area contributed by atoms with Gasteiger partial charge in [-0.05, 0) is 23.8 Å². The Morgan fingerprint density at radius 3 is 2.54 bits per heavy atom. The van der Waals surface area contributed by atoms with Crippen LogP contribution in [0, 0.1) is 0 Å². The van der Waals surface area contributed by atoms with E-state index in [4.69, 9.17) is 23.2 Å². The molecule has 2 aromatic carbocycles. The summed E-state index contributed by atoms with van der Waals surface area (Å²) in [6.07, 6.45) is 0.301. The van der Waals surface area contributed by atoms with Crippen LogP contribution < -0.4 is 5.32 Å². The van der Waals surface area contributed by atoms with Gasteiger partial charge in [-0.1, -0.05) is 53.5 Å². The van der Waals surface area contributed by atoms with Crippen LogP contribution in [0.1, 0.15) is 12.0 Å². The Morgan fingerprint density at radius 1 is 1.08 bits per heavy atom. The number of halogens is 2. The van der Waals surface area contributed by atoms with E-state index in [1.165, 1.54) is 0 Å². The zero-order valence-electron chi connectivity index (χ0n) is 13.2. The number of amides is 1. The molecule has 4 nitrogen and oxygen atoms in total. The quantitative estimate of drug-likeness (QED) is 0.746. The number of hydrogen-bond acceptors (Lipinski definition) is 3. The molecule has 0 spiro atoms. The van der Waals surface area contributed by atoms with Crippen molar-refractivity contribution in [2.75, 3.05) is 25.0 Å². The summed E-state index contributed by atoms with van der Waals surface area (Å²) in [6, 6.07) is 14.9. The third kappa shape index (κ3) is 6.13. The van der Waals surface area contributed by atoms with Crippen molar-refractivity contribution in [1.82, 2.24) is 4.90 Å². The Labute approximate surface area is 152 Å². The predicted molar refractivity (Wildman–Crippen MR) is 98.5 cm³/mol. The maximum Gasteiger partial charge on any atom is 0.225 e. The second kappa shape index (κ2) is 9.64. The molecule has 2 N–H and O–H groups in total. The number of nitrogens with one attached hydrogen (secondary N) is 1. The zero-order valence-corrected chi connectivity index (χ0v) is 14.7. The van der Waals surface area contributed by atoms with Gasteiger partial charge in [-0.3, -0.25) is 9.69 Å². The average Bonchev–Trinajstić information content (AvgIpc) is 2.57. The number of aliphatic hydroxyl groups is 1. The topological polar surface area (TPSA) is 52.6 Å². The van der Waals surface area contributed by atoms with Crippen LogP contribution in [0.15, 0.2) is 48.5 Å². The van der Waals surface area contributed by atoms with Gasteiger partial charge in [0.2, 0.25) is 5.91 Å². The first-order valence-corrected chi connectivity index (χ1v) is 8.46. The molecule has 1 amide bonds. The summed E-state index contributed by atoms with van der Waals surface area (Å²) in [5.74, 6) is -0.143. The minimum Gasteiger partial charge on any atom is -0.395 e. The molecule has 0 unspecified atom stereocenters. The van der Waals surface area contributed by atoms with Crippen molar-refractivity contribution >= 4 is 34.8 Å². The number of anilines is 1. The van der Waals surface area contributed by atoms with Crippen LogP contribution in [0.4, 0.5) is 5.69 Å². The number of carbonyl (C=O) groups is 1. The van der Waals surface area contributed by atoms with Crippen LogP contribution in [0.5, 0.6) is 0 Å². The van der Waals surface area contributed by atoms with E-state index < -0.39 is 0 Å². The minimum atomic E-state index is -0.143. The van der Waals surface area contributed by atoms with Crippen molar-refractivity contribution in [3.05, 3.63) is 64.1 Å². The highest BCUT2D eigenvalue weighted by atomic mass is 35.5. The smallest absolute Gasteiger partial charge is 0.225 e. The molecule has 0 aliphatic carbocycles. The van der Waals surface area contributed by atoms with E-state index in [1.807, 2.05) is 35.2 Å². The zero-order chi connectivity index (χ0) is 17.4. The fourth-order valence-corrected chi connectivity index (χ4v) is 2.66. The molecule has 0 atom stereocenters. The fourth-order valence-electron chi connectivity index (χ4n) is 2.32. The molecule has 2 rings (SSSR count). The molecule has 0 saturated heterocycles. The minimum absolute atomic E-state index is 0.0502. The van der Waals surface area contributed by atoms with E-state index in [1.54, 1.807) is 18.2 Å². The second-order valence-corrected chi connectivity index (χ2v) is 6.25. The molecule has 0 heterocycles. The monoisotopic (exact) mass is 366 g/mol. The van der Waals surface area contributed by atoms with Gasteiger partial charge in [0.25, 0.3) is 0 Å². The number of aliphatic hydroxyl groups excluding tert-OH is 1. The van der Waals surface area contributed by atoms with Gasteiger partial charge in [0.05, 0.1) is 17.3 Å². The molecule has 2 aromatic rings. The highest BCUT2D eigenvalue weighted by Gasteiger charge is 2.10. The number of carbonyl (C=O) groups excluding carboxylic acids is 1. The summed E-state index contributed by atoms with van der Waals surface area (Å²) in [5.41, 5.74) is 1.65. The normalized spacial score (nSPS) is 10.8. The lowest BCUT2D eigenvalue weighted by molar-refractivity contribution is -0.116. The summed E-state index contributed by atoms with van der Waals surface area (Å²) in [4.78, 5) is 14.2. The number of nitrogens with zero attached hydrogens (tertiary/aromatic N) is 1. The largest absolute Gasteiger partial charge is 0.395 e. The van der Waals surface area contributed by atoms with Gasteiger partial charge >= 0.3 is 0 Å². The standard InChI is InChI=1S/C18H20Cl2N2O2/c19-15-6-7-16(20)17(12-15)21-18(24)8-9-22(10-11-23)13-14-4-2-1-3-5-14/h1-7,12,23H,8-11,13H2,(H,21,24). The summed E-state index contributed by atoms with van der Waals surface area (Å²) in [7, 11) is 0. The van der Waals surface area contributed by atoms with Gasteiger partial charge in [0.15, 0.2) is 0 Å². The lowest BCUT2D eigenvalue weighted by atomic mass is 10.2. The van der Waals surface area contributed by atoms with E-state index in [0.29, 0.717) is 41.8 Å². The molecule has 0 fully saturated rings. The van der Waals surface area contributed by atoms with Gasteiger partial charge in [0.1, 0.15) is 0 Å². The molecule has 0 saturated carbocycles. The van der Waals surface area contributed by atoms with Crippen LogP contribution >= 0.6 is 23.2 Å². The van der Waals surface area contributed by atoms with Gasteiger partial charge in [0, 0.05) is 31.1 Å². The summed E-state index contributed by atoms with van der Waals surface area (Å²) in [6.45, 7) is 1.79. The van der Waals surface area contributed by atoms with E-state index >= 15 is 0 Å². The molecule has 24 heavy (non-hydrogen) atoms. The predicted octanol–water partition coefficient (Wildman–Crippen LogP) is 3.82. The molecule has 0 aliphatic heterocycles. The van der Waals surface area contributed by atoms with Gasteiger partial charge in [-0.2, -0.15) is 0 Å². The Morgan fingerprint density at radius 2 is 1.83 bits per heavy atom. The van der Waals surface area contributed by atoms with Crippen molar-refractivity contribution in [2.45, 2.75) is 13.0 Å². The molecule has 0 bridgehead atoms. The highest BCUT2D eigenvalue weighted by Crippen LogP contribution is 2.25. The van der Waals surface area contributed by atoms with Crippen LogP contribution in [0.25, 0.3) is 0 Å². The second-order valence-electron chi connectivity index (χ2n) is 5.41. The Balaban J connectivity index is 1.88. The number of hydrogen-bond donors (Lipinski definition) is 2. The van der Waals surface area contributed by atoms with Gasteiger partial charge < -0.3 is 10.4 Å². The first-order chi connectivity index (χ1) is 11.6. The Kier molecular flexibility index (Phi) is 7.53. The SMILES string of the molecule is O=C(CCN(CCO)Cc1ccccc1)Nc1cc(Cl)ccc1Cl. The molecular formula is C18H20Cl2N2O2. The maximum atomic E-state index is 12.1. The van der Waals surface area contributed by atoms with Crippen molar-refractivity contribution in [1.29, 1.82) is 0 Å². The summed E-state index contributed by atoms with van der Waals surface area (Å²) >= 11 is 12.0. The fraction of sp³-hybridized carbons (Fsp3) is 0.278. The van der Waals surface area contributed by atoms with Crippen molar-refractivity contribution in [3.63, 3.8) is 0 Å².